The van der Waals surface area contributed by atoms with Gasteiger partial charge in [-0.05, 0) is 64.7 Å². The topological polar surface area (TPSA) is 34.1 Å². The number of ether oxygens (including phenoxy) is 1. The molecule has 2 heterocycles. The Morgan fingerprint density at radius 2 is 2.11 bits per heavy atom. The molecule has 3 nitrogen and oxygen atoms in total. The fraction of sp³-hybridized carbons (Fsp3) is 0.214. The van der Waals surface area contributed by atoms with Crippen molar-refractivity contribution >= 4 is 34.0 Å². The lowest BCUT2D eigenvalue weighted by atomic mass is 10.1. The Balaban J connectivity index is 0.00000133. The van der Waals surface area contributed by atoms with E-state index in [1.807, 2.05) is 18.2 Å². The molecule has 0 saturated heterocycles. The average Bonchev–Trinajstić information content (AvgIpc) is 2.84. The molecule has 0 unspecified atom stereocenters. The molecule has 0 atom stereocenters. The van der Waals surface area contributed by atoms with Gasteiger partial charge in [0.15, 0.2) is 0 Å². The highest BCUT2D eigenvalue weighted by atomic mass is 79.9. The molecule has 3 rings (SSSR count). The molecular formula is C14H14BrClN2O. The quantitative estimate of drug-likeness (QED) is 0.825. The number of aromatic nitrogens is 1. The van der Waals surface area contributed by atoms with Gasteiger partial charge >= 0.3 is 0 Å². The number of nitrogens with zero attached hydrogens (tertiary/aromatic N) is 1. The summed E-state index contributed by atoms with van der Waals surface area (Å²) in [5.74, 6) is 1.66. The van der Waals surface area contributed by atoms with Crippen LogP contribution >= 0.6 is 28.3 Å². The van der Waals surface area contributed by atoms with Crippen LogP contribution in [0.25, 0.3) is 0 Å². The van der Waals surface area contributed by atoms with Gasteiger partial charge in [-0.2, -0.15) is 0 Å². The lowest BCUT2D eigenvalue weighted by molar-refractivity contribution is 0.476. The van der Waals surface area contributed by atoms with Gasteiger partial charge in [-0.15, -0.1) is 12.4 Å². The Morgan fingerprint density at radius 3 is 2.84 bits per heavy atom. The van der Waals surface area contributed by atoms with Crippen LogP contribution in [0.2, 0.25) is 0 Å². The minimum atomic E-state index is 0. The number of rotatable bonds is 2. The molecule has 0 saturated carbocycles. The van der Waals surface area contributed by atoms with Crippen LogP contribution in [-0.2, 0) is 6.42 Å². The zero-order valence-electron chi connectivity index (χ0n) is 10.4. The van der Waals surface area contributed by atoms with Gasteiger partial charge in [-0.25, -0.2) is 4.98 Å². The first kappa shape index (κ1) is 14.2. The van der Waals surface area contributed by atoms with Crippen molar-refractivity contribution in [1.29, 1.82) is 0 Å². The summed E-state index contributed by atoms with van der Waals surface area (Å²) >= 11 is 3.31. The maximum Gasteiger partial charge on any atom is 0.145 e. The predicted molar refractivity (Wildman–Crippen MR) is 82.6 cm³/mol. The van der Waals surface area contributed by atoms with Gasteiger partial charge in [0.1, 0.15) is 16.1 Å². The van der Waals surface area contributed by atoms with Crippen LogP contribution in [0, 0.1) is 6.92 Å². The van der Waals surface area contributed by atoms with E-state index in [2.05, 4.69) is 39.2 Å². The van der Waals surface area contributed by atoms with E-state index in [4.69, 9.17) is 4.74 Å². The Hall–Kier alpha value is -1.26. The van der Waals surface area contributed by atoms with Gasteiger partial charge < -0.3 is 10.1 Å². The highest BCUT2D eigenvalue weighted by molar-refractivity contribution is 9.10. The number of fused-ring (bicyclic) bond motifs is 1. The summed E-state index contributed by atoms with van der Waals surface area (Å²) in [6.07, 6.45) is 2.78. The van der Waals surface area contributed by atoms with E-state index in [9.17, 15) is 0 Å². The van der Waals surface area contributed by atoms with E-state index in [-0.39, 0.29) is 12.4 Å². The second kappa shape index (κ2) is 5.80. The minimum Gasteiger partial charge on any atom is -0.455 e. The highest BCUT2D eigenvalue weighted by Crippen LogP contribution is 2.34. The number of anilines is 1. The molecule has 0 spiro atoms. The Labute approximate surface area is 126 Å². The standard InChI is InChI=1S/C14H13BrN2O.ClH/c1-9-11-6-7-16-12(11)3-4-13(9)18-10-2-5-14(15)17-8-10;/h2-5,8,16H,6-7H2,1H3;1H. The molecule has 1 aliphatic heterocycles. The van der Waals surface area contributed by atoms with E-state index in [1.165, 1.54) is 16.8 Å². The monoisotopic (exact) mass is 340 g/mol. The first-order chi connectivity index (χ1) is 8.74. The van der Waals surface area contributed by atoms with Crippen LogP contribution in [0.5, 0.6) is 11.5 Å². The third kappa shape index (κ3) is 2.85. The second-order valence-corrected chi connectivity index (χ2v) is 5.12. The van der Waals surface area contributed by atoms with Gasteiger partial charge in [0.05, 0.1) is 6.20 Å². The molecular weight excluding hydrogens is 328 g/mol. The third-order valence-electron chi connectivity index (χ3n) is 3.17. The van der Waals surface area contributed by atoms with E-state index in [1.54, 1.807) is 6.20 Å². The fourth-order valence-corrected chi connectivity index (χ4v) is 2.44. The molecule has 0 aliphatic carbocycles. The molecule has 0 amide bonds. The summed E-state index contributed by atoms with van der Waals surface area (Å²) < 4.78 is 6.69. The molecule has 1 aromatic carbocycles. The summed E-state index contributed by atoms with van der Waals surface area (Å²) in [6, 6.07) is 7.87. The molecule has 1 N–H and O–H groups in total. The summed E-state index contributed by atoms with van der Waals surface area (Å²) in [6.45, 7) is 3.12. The van der Waals surface area contributed by atoms with Crippen LogP contribution in [0.4, 0.5) is 5.69 Å². The van der Waals surface area contributed by atoms with E-state index >= 15 is 0 Å². The van der Waals surface area contributed by atoms with Crippen molar-refractivity contribution in [2.45, 2.75) is 13.3 Å². The first-order valence-electron chi connectivity index (χ1n) is 5.90. The molecule has 1 aliphatic rings. The van der Waals surface area contributed by atoms with E-state index < -0.39 is 0 Å². The second-order valence-electron chi connectivity index (χ2n) is 4.31. The zero-order valence-corrected chi connectivity index (χ0v) is 12.8. The Bertz CT molecular complexity index is 587. The fourth-order valence-electron chi connectivity index (χ4n) is 2.21. The number of benzene rings is 1. The van der Waals surface area contributed by atoms with Crippen LogP contribution in [-0.4, -0.2) is 11.5 Å². The van der Waals surface area contributed by atoms with E-state index in [0.29, 0.717) is 0 Å². The molecule has 19 heavy (non-hydrogen) atoms. The van der Waals surface area contributed by atoms with Gasteiger partial charge in [0.25, 0.3) is 0 Å². The molecule has 2 aromatic rings. The van der Waals surface area contributed by atoms with Crippen molar-refractivity contribution in [3.8, 4) is 11.5 Å². The van der Waals surface area contributed by atoms with E-state index in [0.717, 1.165) is 29.1 Å². The molecule has 0 fully saturated rings. The van der Waals surface area contributed by atoms with Crippen molar-refractivity contribution in [3.05, 3.63) is 46.2 Å². The Morgan fingerprint density at radius 1 is 1.26 bits per heavy atom. The number of hydrogen-bond acceptors (Lipinski definition) is 3. The van der Waals surface area contributed by atoms with Crippen LogP contribution in [0.3, 0.4) is 0 Å². The van der Waals surface area contributed by atoms with Crippen molar-refractivity contribution in [3.63, 3.8) is 0 Å². The maximum atomic E-state index is 5.88. The van der Waals surface area contributed by atoms with Crippen LogP contribution in [0.1, 0.15) is 11.1 Å². The van der Waals surface area contributed by atoms with Gasteiger partial charge in [0, 0.05) is 12.2 Å². The van der Waals surface area contributed by atoms with Gasteiger partial charge in [0.2, 0.25) is 0 Å². The zero-order chi connectivity index (χ0) is 12.5. The molecule has 0 bridgehead atoms. The van der Waals surface area contributed by atoms with Crippen molar-refractivity contribution in [2.24, 2.45) is 0 Å². The number of pyridine rings is 1. The average molecular weight is 342 g/mol. The van der Waals surface area contributed by atoms with Crippen molar-refractivity contribution in [1.82, 2.24) is 4.98 Å². The lowest BCUT2D eigenvalue weighted by Gasteiger charge is -2.11. The SMILES string of the molecule is Cc1c(Oc2ccc(Br)nc2)ccc2c1CCN2.Cl. The number of hydrogen-bond donors (Lipinski definition) is 1. The minimum absolute atomic E-state index is 0. The van der Waals surface area contributed by atoms with Gasteiger partial charge in [-0.3, -0.25) is 0 Å². The smallest absolute Gasteiger partial charge is 0.145 e. The van der Waals surface area contributed by atoms with Crippen molar-refractivity contribution < 1.29 is 4.74 Å². The molecule has 100 valence electrons. The largest absolute Gasteiger partial charge is 0.455 e. The van der Waals surface area contributed by atoms with Gasteiger partial charge in [-0.1, -0.05) is 0 Å². The highest BCUT2D eigenvalue weighted by Gasteiger charge is 2.15. The van der Waals surface area contributed by atoms with Crippen molar-refractivity contribution in [2.75, 3.05) is 11.9 Å². The summed E-state index contributed by atoms with van der Waals surface area (Å²) in [4.78, 5) is 4.16. The summed E-state index contributed by atoms with van der Waals surface area (Å²) in [5.41, 5.74) is 3.80. The van der Waals surface area contributed by atoms with Crippen LogP contribution in [0.15, 0.2) is 35.1 Å². The Kier molecular flexibility index (Phi) is 4.32. The van der Waals surface area contributed by atoms with Crippen LogP contribution < -0.4 is 10.1 Å². The lowest BCUT2D eigenvalue weighted by Crippen LogP contribution is -1.92. The normalized spacial score (nSPS) is 12.3. The third-order valence-corrected chi connectivity index (χ3v) is 3.64. The number of nitrogens with one attached hydrogen (secondary N) is 1. The molecule has 0 radical (unpaired) electrons. The molecule has 1 aromatic heterocycles. The summed E-state index contributed by atoms with van der Waals surface area (Å²) in [5, 5.41) is 3.37. The summed E-state index contributed by atoms with van der Waals surface area (Å²) in [7, 11) is 0. The maximum absolute atomic E-state index is 5.88. The number of halogens is 2. The first-order valence-corrected chi connectivity index (χ1v) is 6.69. The predicted octanol–water partition coefficient (Wildman–Crippen LogP) is 4.33. The molecule has 5 heteroatoms.